The summed E-state index contributed by atoms with van der Waals surface area (Å²) >= 11 is 1.25. The van der Waals surface area contributed by atoms with Crippen molar-refractivity contribution in [2.24, 2.45) is 0 Å². The van der Waals surface area contributed by atoms with Crippen LogP contribution in [-0.2, 0) is 11.2 Å². The summed E-state index contributed by atoms with van der Waals surface area (Å²) in [6.45, 7) is 1.32. The molecular formula is C17H22N4O2S. The van der Waals surface area contributed by atoms with Gasteiger partial charge in [0.1, 0.15) is 5.69 Å². The number of thiazole rings is 1. The molecule has 0 aliphatic rings. The number of benzene rings is 1. The van der Waals surface area contributed by atoms with Crippen LogP contribution in [0.4, 0.5) is 5.13 Å². The molecule has 0 saturated heterocycles. The molecule has 7 heteroatoms. The molecule has 0 bridgehead atoms. The molecule has 128 valence electrons. The van der Waals surface area contributed by atoms with Crippen molar-refractivity contribution in [2.75, 3.05) is 32.5 Å². The quantitative estimate of drug-likeness (QED) is 0.767. The van der Waals surface area contributed by atoms with Crippen LogP contribution in [0.1, 0.15) is 22.5 Å². The minimum absolute atomic E-state index is 0.104. The number of rotatable bonds is 8. The first kappa shape index (κ1) is 18.1. The number of amides is 2. The highest BCUT2D eigenvalue weighted by Gasteiger charge is 2.12. The van der Waals surface area contributed by atoms with Crippen molar-refractivity contribution >= 4 is 28.3 Å². The second kappa shape index (κ2) is 9.14. The lowest BCUT2D eigenvalue weighted by Gasteiger charge is -2.09. The van der Waals surface area contributed by atoms with Gasteiger partial charge in [-0.3, -0.25) is 9.59 Å². The van der Waals surface area contributed by atoms with Crippen LogP contribution in [0, 0.1) is 0 Å². The Morgan fingerprint density at radius 3 is 2.67 bits per heavy atom. The highest BCUT2D eigenvalue weighted by molar-refractivity contribution is 7.14. The molecule has 6 nitrogen and oxygen atoms in total. The predicted octanol–water partition coefficient (Wildman–Crippen LogP) is 2.01. The maximum atomic E-state index is 12.0. The van der Waals surface area contributed by atoms with E-state index in [0.717, 1.165) is 12.1 Å². The molecular weight excluding hydrogens is 324 g/mol. The summed E-state index contributed by atoms with van der Waals surface area (Å²) in [4.78, 5) is 30.0. The van der Waals surface area contributed by atoms with Crippen molar-refractivity contribution in [1.29, 1.82) is 0 Å². The van der Waals surface area contributed by atoms with Gasteiger partial charge < -0.3 is 15.5 Å². The second-order valence-corrected chi connectivity index (χ2v) is 6.49. The van der Waals surface area contributed by atoms with Gasteiger partial charge in [0, 0.05) is 24.9 Å². The van der Waals surface area contributed by atoms with E-state index in [1.165, 1.54) is 11.3 Å². The van der Waals surface area contributed by atoms with Crippen molar-refractivity contribution in [3.8, 4) is 0 Å². The zero-order valence-corrected chi connectivity index (χ0v) is 14.7. The third-order valence-electron chi connectivity index (χ3n) is 3.31. The third-order valence-corrected chi connectivity index (χ3v) is 4.07. The number of hydrogen-bond donors (Lipinski definition) is 2. The first-order chi connectivity index (χ1) is 11.5. The van der Waals surface area contributed by atoms with E-state index in [9.17, 15) is 9.59 Å². The average molecular weight is 346 g/mol. The van der Waals surface area contributed by atoms with Crippen molar-refractivity contribution in [1.82, 2.24) is 15.2 Å². The van der Waals surface area contributed by atoms with Crippen molar-refractivity contribution in [3.05, 3.63) is 47.0 Å². The van der Waals surface area contributed by atoms with Gasteiger partial charge in [-0.15, -0.1) is 11.3 Å². The number of hydrogen-bond acceptors (Lipinski definition) is 5. The molecule has 0 aliphatic carbocycles. The van der Waals surface area contributed by atoms with Crippen LogP contribution >= 0.6 is 11.3 Å². The molecule has 2 amide bonds. The van der Waals surface area contributed by atoms with Gasteiger partial charge in [-0.1, -0.05) is 30.3 Å². The smallest absolute Gasteiger partial charge is 0.270 e. The van der Waals surface area contributed by atoms with E-state index in [2.05, 4.69) is 15.6 Å². The van der Waals surface area contributed by atoms with Crippen molar-refractivity contribution < 1.29 is 9.59 Å². The van der Waals surface area contributed by atoms with Gasteiger partial charge in [0.2, 0.25) is 5.91 Å². The molecule has 24 heavy (non-hydrogen) atoms. The Kier molecular flexibility index (Phi) is 6.89. The van der Waals surface area contributed by atoms with Gasteiger partial charge in [0.15, 0.2) is 5.13 Å². The van der Waals surface area contributed by atoms with E-state index < -0.39 is 0 Å². The minimum atomic E-state index is -0.224. The zero-order valence-electron chi connectivity index (χ0n) is 13.9. The summed E-state index contributed by atoms with van der Waals surface area (Å²) in [7, 11) is 3.89. The summed E-state index contributed by atoms with van der Waals surface area (Å²) < 4.78 is 0. The highest BCUT2D eigenvalue weighted by atomic mass is 32.1. The van der Waals surface area contributed by atoms with Crippen molar-refractivity contribution in [2.45, 2.75) is 12.8 Å². The topological polar surface area (TPSA) is 74.3 Å². The normalized spacial score (nSPS) is 10.6. The average Bonchev–Trinajstić information content (AvgIpc) is 3.02. The van der Waals surface area contributed by atoms with Gasteiger partial charge in [0.05, 0.1) is 0 Å². The van der Waals surface area contributed by atoms with Crippen LogP contribution in [0.25, 0.3) is 0 Å². The molecule has 0 unspecified atom stereocenters. The van der Waals surface area contributed by atoms with Crippen LogP contribution in [0.5, 0.6) is 0 Å². The van der Waals surface area contributed by atoms with Gasteiger partial charge in [-0.05, 0) is 26.1 Å². The Balaban J connectivity index is 1.78. The van der Waals surface area contributed by atoms with Gasteiger partial charge in [-0.25, -0.2) is 4.98 Å². The van der Waals surface area contributed by atoms with E-state index in [1.54, 1.807) is 5.38 Å². The Hall–Kier alpha value is -2.25. The molecule has 1 aromatic heterocycles. The molecule has 0 radical (unpaired) electrons. The Morgan fingerprint density at radius 1 is 1.21 bits per heavy atom. The molecule has 1 heterocycles. The number of nitrogens with zero attached hydrogens (tertiary/aromatic N) is 2. The van der Waals surface area contributed by atoms with Crippen LogP contribution < -0.4 is 10.6 Å². The number of nitrogens with one attached hydrogen (secondary N) is 2. The van der Waals surface area contributed by atoms with Gasteiger partial charge >= 0.3 is 0 Å². The fourth-order valence-electron chi connectivity index (χ4n) is 2.00. The second-order valence-electron chi connectivity index (χ2n) is 5.63. The number of likely N-dealkylation sites (N-methyl/N-ethyl adjacent to an activating group) is 1. The first-order valence-corrected chi connectivity index (χ1v) is 8.65. The lowest BCUT2D eigenvalue weighted by atomic mass is 10.1. The number of carbonyl (C=O) groups excluding carboxylic acids is 2. The van der Waals surface area contributed by atoms with Gasteiger partial charge in [-0.2, -0.15) is 0 Å². The summed E-state index contributed by atoms with van der Waals surface area (Å²) in [6, 6.07) is 9.84. The summed E-state index contributed by atoms with van der Waals surface area (Å²) in [5, 5.41) is 7.64. The molecule has 0 spiro atoms. The molecule has 2 N–H and O–H groups in total. The van der Waals surface area contributed by atoms with E-state index in [1.807, 2.05) is 49.3 Å². The molecule has 0 fully saturated rings. The largest absolute Gasteiger partial charge is 0.349 e. The SMILES string of the molecule is CN(C)CCNC(=O)c1csc(NC(=O)CCc2ccccc2)n1. The molecule has 2 aromatic rings. The lowest BCUT2D eigenvalue weighted by Crippen LogP contribution is -2.31. The minimum Gasteiger partial charge on any atom is -0.349 e. The lowest BCUT2D eigenvalue weighted by molar-refractivity contribution is -0.116. The van der Waals surface area contributed by atoms with E-state index in [0.29, 0.717) is 30.2 Å². The molecule has 2 rings (SSSR count). The van der Waals surface area contributed by atoms with Crippen LogP contribution in [-0.4, -0.2) is 48.9 Å². The Labute approximate surface area is 145 Å². The Bertz CT molecular complexity index is 670. The molecule has 0 aliphatic heterocycles. The molecule has 0 atom stereocenters. The first-order valence-electron chi connectivity index (χ1n) is 7.77. The molecule has 1 aromatic carbocycles. The number of anilines is 1. The van der Waals surface area contributed by atoms with E-state index >= 15 is 0 Å². The van der Waals surface area contributed by atoms with Crippen LogP contribution in [0.3, 0.4) is 0 Å². The monoisotopic (exact) mass is 346 g/mol. The summed E-state index contributed by atoms with van der Waals surface area (Å²) in [5.41, 5.74) is 1.45. The Morgan fingerprint density at radius 2 is 1.96 bits per heavy atom. The number of aryl methyl sites for hydroxylation is 1. The third kappa shape index (κ3) is 6.10. The van der Waals surface area contributed by atoms with E-state index in [4.69, 9.17) is 0 Å². The predicted molar refractivity (Wildman–Crippen MR) is 96.4 cm³/mol. The van der Waals surface area contributed by atoms with Crippen LogP contribution in [0.15, 0.2) is 35.7 Å². The molecule has 0 saturated carbocycles. The van der Waals surface area contributed by atoms with Crippen molar-refractivity contribution in [3.63, 3.8) is 0 Å². The number of aromatic nitrogens is 1. The summed E-state index contributed by atoms with van der Waals surface area (Å²) in [5.74, 6) is -0.328. The maximum Gasteiger partial charge on any atom is 0.270 e. The standard InChI is InChI=1S/C17H22N4O2S/c1-21(2)11-10-18-16(23)14-12-24-17(19-14)20-15(22)9-8-13-6-4-3-5-7-13/h3-7,12H,8-11H2,1-2H3,(H,18,23)(H,19,20,22). The maximum absolute atomic E-state index is 12.0. The summed E-state index contributed by atoms with van der Waals surface area (Å²) in [6.07, 6.45) is 1.06. The zero-order chi connectivity index (χ0) is 17.4. The fourth-order valence-corrected chi connectivity index (χ4v) is 2.71. The fraction of sp³-hybridized carbons (Fsp3) is 0.353. The van der Waals surface area contributed by atoms with Crippen LogP contribution in [0.2, 0.25) is 0 Å². The van der Waals surface area contributed by atoms with E-state index in [-0.39, 0.29) is 11.8 Å². The highest BCUT2D eigenvalue weighted by Crippen LogP contribution is 2.16. The number of carbonyl (C=O) groups is 2. The van der Waals surface area contributed by atoms with Gasteiger partial charge in [0.25, 0.3) is 5.91 Å².